The molecule has 1 fully saturated rings. The summed E-state index contributed by atoms with van der Waals surface area (Å²) in [4.78, 5) is 34.9. The van der Waals surface area contributed by atoms with Crippen LogP contribution in [0.25, 0.3) is 0 Å². The summed E-state index contributed by atoms with van der Waals surface area (Å²) >= 11 is 0. The maximum absolute atomic E-state index is 12.3. The van der Waals surface area contributed by atoms with Crippen LogP contribution in [0, 0.1) is 6.92 Å². The maximum Gasteiger partial charge on any atom is 0.414 e. The number of carbonyl (C=O) groups excluding carboxylic acids is 1. The second-order valence-corrected chi connectivity index (χ2v) is 7.52. The highest BCUT2D eigenvalue weighted by Crippen LogP contribution is 2.12. The summed E-state index contributed by atoms with van der Waals surface area (Å²) in [5.41, 5.74) is 2.58. The van der Waals surface area contributed by atoms with Crippen molar-refractivity contribution in [2.75, 3.05) is 39.3 Å². The van der Waals surface area contributed by atoms with E-state index in [1.54, 1.807) is 0 Å². The van der Waals surface area contributed by atoms with E-state index in [0.29, 0.717) is 0 Å². The van der Waals surface area contributed by atoms with E-state index in [2.05, 4.69) is 35.2 Å². The third-order valence-electron chi connectivity index (χ3n) is 5.07. The molecule has 1 heterocycles. The van der Waals surface area contributed by atoms with Gasteiger partial charge in [-0.05, 0) is 44.0 Å². The Morgan fingerprint density at radius 1 is 0.875 bits per heavy atom. The molecular formula is C24H30N2O6. The Morgan fingerprint density at radius 3 is 2.03 bits per heavy atom. The summed E-state index contributed by atoms with van der Waals surface area (Å²) in [6.45, 7) is 6.74. The molecule has 0 spiro atoms. The molecule has 8 heteroatoms. The summed E-state index contributed by atoms with van der Waals surface area (Å²) in [7, 11) is 0. The van der Waals surface area contributed by atoms with Crippen molar-refractivity contribution in [3.05, 3.63) is 65.7 Å². The zero-order chi connectivity index (χ0) is 23.3. The Morgan fingerprint density at radius 2 is 1.47 bits per heavy atom. The highest BCUT2D eigenvalue weighted by molar-refractivity contribution is 6.27. The molecule has 0 saturated carbocycles. The number of carboxylic acid groups (broad SMARTS) is 2. The average Bonchev–Trinajstić information content (AvgIpc) is 2.80. The van der Waals surface area contributed by atoms with E-state index in [0.717, 1.165) is 51.3 Å². The number of carbonyl (C=O) groups is 3. The minimum absolute atomic E-state index is 0.0783. The molecular weight excluding hydrogens is 412 g/mol. The van der Waals surface area contributed by atoms with Crippen molar-refractivity contribution in [2.24, 2.45) is 0 Å². The van der Waals surface area contributed by atoms with E-state index >= 15 is 0 Å². The first kappa shape index (κ1) is 24.9. The first-order valence-electron chi connectivity index (χ1n) is 10.5. The van der Waals surface area contributed by atoms with Gasteiger partial charge in [-0.3, -0.25) is 9.69 Å². The number of piperazine rings is 1. The molecule has 8 nitrogen and oxygen atoms in total. The molecule has 0 aromatic heterocycles. The van der Waals surface area contributed by atoms with Gasteiger partial charge in [0, 0.05) is 26.2 Å². The predicted molar refractivity (Wildman–Crippen MR) is 120 cm³/mol. The van der Waals surface area contributed by atoms with Gasteiger partial charge in [0.05, 0.1) is 0 Å². The fourth-order valence-corrected chi connectivity index (χ4v) is 3.24. The fourth-order valence-electron chi connectivity index (χ4n) is 3.24. The molecule has 0 unspecified atom stereocenters. The molecule has 0 aliphatic carbocycles. The molecule has 1 saturated heterocycles. The topological polar surface area (TPSA) is 107 Å². The van der Waals surface area contributed by atoms with Crippen LogP contribution >= 0.6 is 0 Å². The van der Waals surface area contributed by atoms with Gasteiger partial charge >= 0.3 is 11.9 Å². The lowest BCUT2D eigenvalue weighted by atomic mass is 10.1. The Balaban J connectivity index is 0.000000534. The van der Waals surface area contributed by atoms with Crippen molar-refractivity contribution in [3.8, 4) is 5.75 Å². The molecule has 2 N–H and O–H groups in total. The van der Waals surface area contributed by atoms with Crippen LogP contribution in [-0.2, 0) is 20.8 Å². The molecule has 172 valence electrons. The van der Waals surface area contributed by atoms with Crippen molar-refractivity contribution >= 4 is 17.8 Å². The number of aliphatic carboxylic acids is 2. The minimum atomic E-state index is -1.82. The molecule has 0 atom stereocenters. The number of carboxylic acids is 2. The van der Waals surface area contributed by atoms with Crippen molar-refractivity contribution in [1.29, 1.82) is 0 Å². The first-order valence-corrected chi connectivity index (χ1v) is 10.5. The lowest BCUT2D eigenvalue weighted by Gasteiger charge is -2.34. The molecule has 1 amide bonds. The Bertz CT molecular complexity index is 850. The molecule has 3 rings (SSSR count). The zero-order valence-corrected chi connectivity index (χ0v) is 18.3. The molecule has 0 bridgehead atoms. The van der Waals surface area contributed by atoms with Crippen molar-refractivity contribution in [1.82, 2.24) is 9.80 Å². The number of nitrogens with zero attached hydrogens (tertiary/aromatic N) is 2. The number of aryl methyl sites for hydroxylation is 2. The third kappa shape index (κ3) is 9.18. The van der Waals surface area contributed by atoms with Gasteiger partial charge < -0.3 is 19.8 Å². The summed E-state index contributed by atoms with van der Waals surface area (Å²) < 4.78 is 5.61. The van der Waals surface area contributed by atoms with E-state index in [1.807, 2.05) is 36.1 Å². The van der Waals surface area contributed by atoms with Gasteiger partial charge in [-0.1, -0.05) is 48.0 Å². The molecule has 32 heavy (non-hydrogen) atoms. The molecule has 2 aromatic carbocycles. The van der Waals surface area contributed by atoms with Crippen molar-refractivity contribution < 1.29 is 29.3 Å². The highest BCUT2D eigenvalue weighted by Gasteiger charge is 2.21. The normalized spacial score (nSPS) is 13.6. The lowest BCUT2D eigenvalue weighted by Crippen LogP contribution is -2.50. The van der Waals surface area contributed by atoms with Gasteiger partial charge in [0.15, 0.2) is 6.61 Å². The van der Waals surface area contributed by atoms with Crippen LogP contribution < -0.4 is 4.74 Å². The van der Waals surface area contributed by atoms with E-state index in [4.69, 9.17) is 24.5 Å². The number of hydrogen-bond acceptors (Lipinski definition) is 5. The van der Waals surface area contributed by atoms with Gasteiger partial charge in [0.2, 0.25) is 0 Å². The van der Waals surface area contributed by atoms with Crippen LogP contribution in [-0.4, -0.2) is 77.2 Å². The van der Waals surface area contributed by atoms with Gasteiger partial charge in [0.1, 0.15) is 5.75 Å². The number of benzene rings is 2. The zero-order valence-electron chi connectivity index (χ0n) is 18.3. The van der Waals surface area contributed by atoms with E-state index in [-0.39, 0.29) is 12.5 Å². The molecule has 0 radical (unpaired) electrons. The number of ether oxygens (including phenoxy) is 1. The summed E-state index contributed by atoms with van der Waals surface area (Å²) in [6, 6.07) is 18.4. The third-order valence-corrected chi connectivity index (χ3v) is 5.07. The lowest BCUT2D eigenvalue weighted by molar-refractivity contribution is -0.159. The van der Waals surface area contributed by atoms with Gasteiger partial charge in [-0.15, -0.1) is 0 Å². The largest absolute Gasteiger partial charge is 0.484 e. The van der Waals surface area contributed by atoms with E-state index in [9.17, 15) is 4.79 Å². The molecule has 2 aromatic rings. The SMILES string of the molecule is Cc1ccc(OCC(=O)N2CCN(CCCc3ccccc3)CC2)cc1.O=C(O)C(=O)O. The van der Waals surface area contributed by atoms with Crippen LogP contribution in [0.2, 0.25) is 0 Å². The summed E-state index contributed by atoms with van der Waals surface area (Å²) in [6.07, 6.45) is 2.28. The Hall–Kier alpha value is -3.39. The van der Waals surface area contributed by atoms with Crippen LogP contribution in [0.3, 0.4) is 0 Å². The van der Waals surface area contributed by atoms with Gasteiger partial charge in [-0.2, -0.15) is 0 Å². The monoisotopic (exact) mass is 442 g/mol. The maximum atomic E-state index is 12.3. The first-order chi connectivity index (χ1) is 15.3. The van der Waals surface area contributed by atoms with Crippen LogP contribution in [0.1, 0.15) is 17.5 Å². The Kier molecular flexibility index (Phi) is 10.2. The quantitative estimate of drug-likeness (QED) is 0.634. The second-order valence-electron chi connectivity index (χ2n) is 7.52. The summed E-state index contributed by atoms with van der Waals surface area (Å²) in [5.74, 6) is -2.82. The Labute approximate surface area is 188 Å². The number of hydrogen-bond donors (Lipinski definition) is 2. The predicted octanol–water partition coefficient (Wildman–Crippen LogP) is 2.31. The molecule has 1 aliphatic rings. The van der Waals surface area contributed by atoms with E-state index in [1.165, 1.54) is 11.1 Å². The smallest absolute Gasteiger partial charge is 0.414 e. The standard InChI is InChI=1S/C22H28N2O2.C2H2O4/c1-19-9-11-21(12-10-19)26-18-22(25)24-16-14-23(15-17-24)13-5-8-20-6-3-2-4-7-20;3-1(4)2(5)6/h2-4,6-7,9-12H,5,8,13-18H2,1H3;(H,3,4)(H,5,6). The van der Waals surface area contributed by atoms with Crippen LogP contribution in [0.4, 0.5) is 0 Å². The van der Waals surface area contributed by atoms with Crippen molar-refractivity contribution in [3.63, 3.8) is 0 Å². The van der Waals surface area contributed by atoms with Gasteiger partial charge in [-0.25, -0.2) is 9.59 Å². The average molecular weight is 443 g/mol. The minimum Gasteiger partial charge on any atom is -0.484 e. The highest BCUT2D eigenvalue weighted by atomic mass is 16.5. The fraction of sp³-hybridized carbons (Fsp3) is 0.375. The van der Waals surface area contributed by atoms with Crippen LogP contribution in [0.5, 0.6) is 5.75 Å². The summed E-state index contributed by atoms with van der Waals surface area (Å²) in [5, 5.41) is 14.8. The second kappa shape index (κ2) is 13.1. The van der Waals surface area contributed by atoms with E-state index < -0.39 is 11.9 Å². The number of amides is 1. The molecule has 1 aliphatic heterocycles. The number of rotatable bonds is 7. The van der Waals surface area contributed by atoms with Crippen molar-refractivity contribution in [2.45, 2.75) is 19.8 Å². The van der Waals surface area contributed by atoms with Crippen LogP contribution in [0.15, 0.2) is 54.6 Å². The van der Waals surface area contributed by atoms with Gasteiger partial charge in [0.25, 0.3) is 5.91 Å².